The van der Waals surface area contributed by atoms with Gasteiger partial charge in [0.1, 0.15) is 0 Å². The first-order valence-electron chi connectivity index (χ1n) is 6.00. The molecule has 1 saturated carbocycles. The van der Waals surface area contributed by atoms with E-state index in [0.29, 0.717) is 5.92 Å². The molecule has 1 rings (SSSR count). The lowest BCUT2D eigenvalue weighted by molar-refractivity contribution is -0.149. The molecule has 0 amide bonds. The molecule has 0 atom stereocenters. The molecular weight excluding hydrogens is 244 g/mol. The molecule has 0 saturated heterocycles. The molecule has 1 N–H and O–H groups in total. The molecule has 5 nitrogen and oxygen atoms in total. The lowest BCUT2D eigenvalue weighted by Gasteiger charge is -2.24. The molecule has 0 aromatic rings. The van der Waals surface area contributed by atoms with Crippen LogP contribution in [-0.2, 0) is 19.6 Å². The average Bonchev–Trinajstić information content (AvgIpc) is 2.24. The fourth-order valence-corrected chi connectivity index (χ4v) is 2.51. The smallest absolute Gasteiger partial charge is 0.308 e. The van der Waals surface area contributed by atoms with Gasteiger partial charge in [0.25, 0.3) is 10.1 Å². The van der Waals surface area contributed by atoms with Gasteiger partial charge in [-0.05, 0) is 38.0 Å². The van der Waals surface area contributed by atoms with Crippen molar-refractivity contribution in [3.63, 3.8) is 0 Å². The molecule has 100 valence electrons. The normalized spacial score (nSPS) is 25.5. The van der Waals surface area contributed by atoms with E-state index in [1.165, 1.54) is 0 Å². The summed E-state index contributed by atoms with van der Waals surface area (Å²) in [6.45, 7) is 2.23. The van der Waals surface area contributed by atoms with Gasteiger partial charge in [-0.1, -0.05) is 6.92 Å². The summed E-state index contributed by atoms with van der Waals surface area (Å²) in [6, 6.07) is 0. The van der Waals surface area contributed by atoms with Crippen LogP contribution in [0.2, 0.25) is 0 Å². The van der Waals surface area contributed by atoms with Crippen molar-refractivity contribution in [2.45, 2.75) is 39.0 Å². The predicted molar refractivity (Wildman–Crippen MR) is 63.1 cm³/mol. The SMILES string of the molecule is CC1CCC(C(=O)OCCCS(=O)(=O)O)CC1. The molecule has 0 bridgehead atoms. The zero-order valence-corrected chi connectivity index (χ0v) is 10.9. The Bertz CT molecular complexity index is 341. The van der Waals surface area contributed by atoms with Crippen molar-refractivity contribution < 1.29 is 22.5 Å². The van der Waals surface area contributed by atoms with E-state index < -0.39 is 10.1 Å². The average molecular weight is 264 g/mol. The van der Waals surface area contributed by atoms with E-state index in [2.05, 4.69) is 6.92 Å². The Hall–Kier alpha value is -0.620. The van der Waals surface area contributed by atoms with E-state index in [-0.39, 0.29) is 30.7 Å². The zero-order valence-electron chi connectivity index (χ0n) is 10.1. The number of carbonyl (C=O) groups is 1. The van der Waals surface area contributed by atoms with E-state index in [1.807, 2.05) is 0 Å². The maximum absolute atomic E-state index is 11.6. The van der Waals surface area contributed by atoms with Gasteiger partial charge in [0.05, 0.1) is 18.3 Å². The van der Waals surface area contributed by atoms with Gasteiger partial charge in [0.2, 0.25) is 0 Å². The highest BCUT2D eigenvalue weighted by molar-refractivity contribution is 7.85. The number of esters is 1. The fourth-order valence-electron chi connectivity index (χ4n) is 2.03. The largest absolute Gasteiger partial charge is 0.465 e. The van der Waals surface area contributed by atoms with Gasteiger partial charge in [0.15, 0.2) is 0 Å². The quantitative estimate of drug-likeness (QED) is 0.464. The number of hydrogen-bond acceptors (Lipinski definition) is 4. The Morgan fingerprint density at radius 1 is 1.29 bits per heavy atom. The van der Waals surface area contributed by atoms with E-state index >= 15 is 0 Å². The number of hydrogen-bond donors (Lipinski definition) is 1. The molecule has 0 spiro atoms. The second-order valence-corrected chi connectivity index (χ2v) is 6.34. The van der Waals surface area contributed by atoms with Crippen molar-refractivity contribution >= 4 is 16.1 Å². The molecule has 0 aromatic carbocycles. The van der Waals surface area contributed by atoms with Gasteiger partial charge in [-0.2, -0.15) is 8.42 Å². The fraction of sp³-hybridized carbons (Fsp3) is 0.909. The number of ether oxygens (including phenoxy) is 1. The minimum absolute atomic E-state index is 0.0306. The van der Waals surface area contributed by atoms with E-state index in [4.69, 9.17) is 9.29 Å². The Balaban J connectivity index is 2.17. The summed E-state index contributed by atoms with van der Waals surface area (Å²) in [5, 5.41) is 0. The number of rotatable bonds is 5. The highest BCUT2D eigenvalue weighted by Crippen LogP contribution is 2.28. The maximum atomic E-state index is 11.6. The van der Waals surface area contributed by atoms with Crippen LogP contribution in [0.3, 0.4) is 0 Å². The van der Waals surface area contributed by atoms with Gasteiger partial charge < -0.3 is 4.74 Å². The molecule has 1 aliphatic carbocycles. The van der Waals surface area contributed by atoms with Crippen molar-refractivity contribution in [1.29, 1.82) is 0 Å². The number of carbonyl (C=O) groups excluding carboxylic acids is 1. The first-order valence-corrected chi connectivity index (χ1v) is 7.61. The first kappa shape index (κ1) is 14.4. The van der Waals surface area contributed by atoms with E-state index in [9.17, 15) is 13.2 Å². The summed E-state index contributed by atoms with van der Waals surface area (Å²) in [6.07, 6.45) is 3.96. The van der Waals surface area contributed by atoms with Crippen LogP contribution in [-0.4, -0.2) is 31.3 Å². The van der Waals surface area contributed by atoms with Crippen LogP contribution in [0.15, 0.2) is 0 Å². The maximum Gasteiger partial charge on any atom is 0.308 e. The minimum atomic E-state index is -3.95. The van der Waals surface area contributed by atoms with Gasteiger partial charge in [-0.3, -0.25) is 9.35 Å². The monoisotopic (exact) mass is 264 g/mol. The second kappa shape index (κ2) is 6.35. The molecule has 0 aliphatic heterocycles. The molecule has 0 radical (unpaired) electrons. The molecule has 0 aromatic heterocycles. The highest BCUT2D eigenvalue weighted by atomic mass is 32.2. The Morgan fingerprint density at radius 2 is 1.88 bits per heavy atom. The van der Waals surface area contributed by atoms with Gasteiger partial charge in [-0.15, -0.1) is 0 Å². The summed E-state index contributed by atoms with van der Waals surface area (Å²) in [4.78, 5) is 11.6. The van der Waals surface area contributed by atoms with Crippen molar-refractivity contribution in [3.8, 4) is 0 Å². The van der Waals surface area contributed by atoms with Crippen molar-refractivity contribution in [2.24, 2.45) is 11.8 Å². The summed E-state index contributed by atoms with van der Waals surface area (Å²) >= 11 is 0. The molecule has 1 aliphatic rings. The molecule has 17 heavy (non-hydrogen) atoms. The molecule has 0 heterocycles. The van der Waals surface area contributed by atoms with E-state index in [1.54, 1.807) is 0 Å². The highest BCUT2D eigenvalue weighted by Gasteiger charge is 2.25. The standard InChI is InChI=1S/C11H20O5S/c1-9-3-5-10(6-4-9)11(12)16-7-2-8-17(13,14)15/h9-10H,2-8H2,1H3,(H,13,14,15). The summed E-state index contributed by atoms with van der Waals surface area (Å²) < 4.78 is 34.3. The predicted octanol–water partition coefficient (Wildman–Crippen LogP) is 1.63. The third-order valence-corrected chi connectivity index (χ3v) is 3.94. The molecular formula is C11H20O5S. The van der Waals surface area contributed by atoms with Crippen LogP contribution in [0, 0.1) is 11.8 Å². The van der Waals surface area contributed by atoms with Crippen molar-refractivity contribution in [3.05, 3.63) is 0 Å². The summed E-state index contributed by atoms with van der Waals surface area (Å²) in [5.41, 5.74) is 0. The molecule has 1 fully saturated rings. The van der Waals surface area contributed by atoms with Crippen molar-refractivity contribution in [2.75, 3.05) is 12.4 Å². The van der Waals surface area contributed by atoms with Crippen LogP contribution in [0.5, 0.6) is 0 Å². The second-order valence-electron chi connectivity index (χ2n) is 4.76. The Labute approximate surface area is 102 Å². The Morgan fingerprint density at radius 3 is 2.41 bits per heavy atom. The first-order chi connectivity index (χ1) is 7.88. The van der Waals surface area contributed by atoms with Crippen LogP contribution in [0.25, 0.3) is 0 Å². The van der Waals surface area contributed by atoms with Crippen molar-refractivity contribution in [1.82, 2.24) is 0 Å². The molecule has 6 heteroatoms. The van der Waals surface area contributed by atoms with Crippen LogP contribution < -0.4 is 0 Å². The third-order valence-electron chi connectivity index (χ3n) is 3.14. The lowest BCUT2D eigenvalue weighted by Crippen LogP contribution is -2.23. The van der Waals surface area contributed by atoms with Crippen LogP contribution in [0.4, 0.5) is 0 Å². The van der Waals surface area contributed by atoms with Crippen LogP contribution in [0.1, 0.15) is 39.0 Å². The van der Waals surface area contributed by atoms with Gasteiger partial charge in [-0.25, -0.2) is 0 Å². The Kier molecular flexibility index (Phi) is 5.39. The van der Waals surface area contributed by atoms with E-state index in [0.717, 1.165) is 25.7 Å². The van der Waals surface area contributed by atoms with Crippen LogP contribution >= 0.6 is 0 Å². The third kappa shape index (κ3) is 6.02. The summed E-state index contributed by atoms with van der Waals surface area (Å²) in [7, 11) is -3.95. The summed E-state index contributed by atoms with van der Waals surface area (Å²) in [5.74, 6) is 0.0601. The van der Waals surface area contributed by atoms with Gasteiger partial charge >= 0.3 is 5.97 Å². The lowest BCUT2D eigenvalue weighted by atomic mass is 9.83. The molecule has 0 unspecified atom stereocenters. The topological polar surface area (TPSA) is 80.7 Å². The minimum Gasteiger partial charge on any atom is -0.465 e. The van der Waals surface area contributed by atoms with Gasteiger partial charge in [0, 0.05) is 0 Å². The zero-order chi connectivity index (χ0) is 12.9.